The number of benzene rings is 1. The maximum absolute atomic E-state index is 3.85. The van der Waals surface area contributed by atoms with Crippen molar-refractivity contribution in [1.82, 2.24) is 5.32 Å². The Hall–Kier alpha value is -1.31. The largest absolute Gasteiger partial charge is 0.375 e. The highest BCUT2D eigenvalue weighted by Gasteiger charge is 2.22. The molecule has 2 heteroatoms. The van der Waals surface area contributed by atoms with Crippen molar-refractivity contribution < 1.29 is 0 Å². The maximum atomic E-state index is 3.85. The third-order valence-electron chi connectivity index (χ3n) is 2.42. The molecule has 0 aromatic heterocycles. The quantitative estimate of drug-likeness (QED) is 0.717. The lowest BCUT2D eigenvalue weighted by molar-refractivity contribution is 0.965. The molecule has 0 saturated heterocycles. The van der Waals surface area contributed by atoms with Gasteiger partial charge in [0.15, 0.2) is 0 Å². The van der Waals surface area contributed by atoms with Crippen LogP contribution in [0.5, 0.6) is 0 Å². The predicted molar refractivity (Wildman–Crippen MR) is 59.8 cm³/mol. The van der Waals surface area contributed by atoms with E-state index in [4.69, 9.17) is 0 Å². The zero-order valence-corrected chi connectivity index (χ0v) is 8.32. The first kappa shape index (κ1) is 9.25. The Labute approximate surface area is 85.1 Å². The van der Waals surface area contributed by atoms with Crippen molar-refractivity contribution in [3.8, 4) is 0 Å². The summed E-state index contributed by atoms with van der Waals surface area (Å²) in [6.07, 6.45) is 4.55. The van der Waals surface area contributed by atoms with Crippen molar-refractivity contribution >= 4 is 6.34 Å². The molecule has 1 N–H and O–H groups in total. The molecule has 1 aromatic carbocycles. The standard InChI is InChI=1S/C9H10.C3H6N2/c1-2-4-8(5-3-1)9-6-7-9;1-2-5-3-4-1/h1-5,9H,6-7H2;3H,1-2H2,(H,4,5). The van der Waals surface area contributed by atoms with Crippen LogP contribution in [0.15, 0.2) is 35.3 Å². The summed E-state index contributed by atoms with van der Waals surface area (Å²) in [4.78, 5) is 3.85. The van der Waals surface area contributed by atoms with Crippen LogP contribution in [-0.4, -0.2) is 19.4 Å². The van der Waals surface area contributed by atoms with Gasteiger partial charge in [-0.05, 0) is 24.3 Å². The van der Waals surface area contributed by atoms with Crippen LogP contribution in [0, 0.1) is 0 Å². The van der Waals surface area contributed by atoms with Crippen molar-refractivity contribution in [2.45, 2.75) is 18.8 Å². The number of nitrogens with zero attached hydrogens (tertiary/aromatic N) is 1. The van der Waals surface area contributed by atoms with Gasteiger partial charge in [-0.1, -0.05) is 30.3 Å². The Balaban J connectivity index is 0.000000128. The summed E-state index contributed by atoms with van der Waals surface area (Å²) in [5, 5.41) is 2.93. The zero-order valence-electron chi connectivity index (χ0n) is 8.32. The van der Waals surface area contributed by atoms with Crippen LogP contribution in [0.1, 0.15) is 24.3 Å². The first-order valence-electron chi connectivity index (χ1n) is 5.23. The van der Waals surface area contributed by atoms with E-state index in [2.05, 4.69) is 40.6 Å². The van der Waals surface area contributed by atoms with Crippen molar-refractivity contribution in [3.63, 3.8) is 0 Å². The number of nitrogens with one attached hydrogen (secondary N) is 1. The van der Waals surface area contributed by atoms with E-state index in [-0.39, 0.29) is 0 Å². The minimum absolute atomic E-state index is 0.909. The highest BCUT2D eigenvalue weighted by atomic mass is 15.0. The van der Waals surface area contributed by atoms with E-state index in [9.17, 15) is 0 Å². The highest BCUT2D eigenvalue weighted by molar-refractivity contribution is 5.56. The fourth-order valence-corrected chi connectivity index (χ4v) is 1.46. The summed E-state index contributed by atoms with van der Waals surface area (Å²) in [6, 6.07) is 10.8. The van der Waals surface area contributed by atoms with Gasteiger partial charge in [0.2, 0.25) is 0 Å². The summed E-state index contributed by atoms with van der Waals surface area (Å²) >= 11 is 0. The molecule has 1 saturated carbocycles. The van der Waals surface area contributed by atoms with E-state index in [1.165, 1.54) is 18.4 Å². The number of hydrogen-bond acceptors (Lipinski definition) is 2. The summed E-state index contributed by atoms with van der Waals surface area (Å²) < 4.78 is 0. The van der Waals surface area contributed by atoms with E-state index in [1.54, 1.807) is 6.34 Å². The molecule has 1 aliphatic carbocycles. The van der Waals surface area contributed by atoms with E-state index < -0.39 is 0 Å². The molecule has 0 amide bonds. The average Bonchev–Trinajstić information content (AvgIpc) is 2.93. The van der Waals surface area contributed by atoms with Crippen molar-refractivity contribution in [1.29, 1.82) is 0 Å². The second-order valence-electron chi connectivity index (χ2n) is 3.67. The molecular weight excluding hydrogens is 172 g/mol. The molecule has 2 aliphatic rings. The summed E-state index contributed by atoms with van der Waals surface area (Å²) in [5.41, 5.74) is 1.53. The third-order valence-corrected chi connectivity index (χ3v) is 2.42. The Morgan fingerprint density at radius 3 is 2.36 bits per heavy atom. The molecule has 0 spiro atoms. The van der Waals surface area contributed by atoms with Gasteiger partial charge in [-0.15, -0.1) is 0 Å². The van der Waals surface area contributed by atoms with Gasteiger partial charge in [0.1, 0.15) is 0 Å². The molecule has 0 atom stereocenters. The first-order valence-corrected chi connectivity index (χ1v) is 5.23. The van der Waals surface area contributed by atoms with Crippen LogP contribution in [0.3, 0.4) is 0 Å². The Bertz CT molecular complexity index is 282. The minimum Gasteiger partial charge on any atom is -0.375 e. The molecule has 1 fully saturated rings. The molecule has 1 aromatic rings. The van der Waals surface area contributed by atoms with Crippen molar-refractivity contribution in [2.24, 2.45) is 4.99 Å². The molecule has 1 heterocycles. The molecule has 0 radical (unpaired) electrons. The van der Waals surface area contributed by atoms with E-state index in [0.717, 1.165) is 19.0 Å². The normalized spacial score (nSPS) is 18.3. The van der Waals surface area contributed by atoms with Crippen LogP contribution < -0.4 is 5.32 Å². The van der Waals surface area contributed by atoms with Crippen molar-refractivity contribution in [3.05, 3.63) is 35.9 Å². The van der Waals surface area contributed by atoms with Crippen LogP contribution >= 0.6 is 0 Å². The number of rotatable bonds is 1. The lowest BCUT2D eigenvalue weighted by Gasteiger charge is -1.92. The van der Waals surface area contributed by atoms with E-state index >= 15 is 0 Å². The summed E-state index contributed by atoms with van der Waals surface area (Å²) in [6.45, 7) is 1.99. The molecule has 14 heavy (non-hydrogen) atoms. The smallest absolute Gasteiger partial charge is 0.0825 e. The summed E-state index contributed by atoms with van der Waals surface area (Å²) in [5.74, 6) is 0.909. The van der Waals surface area contributed by atoms with Crippen molar-refractivity contribution in [2.75, 3.05) is 13.1 Å². The predicted octanol–water partition coefficient (Wildman–Crippen LogP) is 2.18. The van der Waals surface area contributed by atoms with Gasteiger partial charge < -0.3 is 5.32 Å². The van der Waals surface area contributed by atoms with Crippen LogP contribution in [-0.2, 0) is 0 Å². The monoisotopic (exact) mass is 188 g/mol. The van der Waals surface area contributed by atoms with E-state index in [0.29, 0.717) is 0 Å². The van der Waals surface area contributed by atoms with Crippen LogP contribution in [0.2, 0.25) is 0 Å². The molecular formula is C12H16N2. The maximum Gasteiger partial charge on any atom is 0.0825 e. The SMILES string of the molecule is C1=NCCN1.c1ccc(C2CC2)cc1. The topological polar surface area (TPSA) is 24.4 Å². The highest BCUT2D eigenvalue weighted by Crippen LogP contribution is 2.39. The lowest BCUT2D eigenvalue weighted by Crippen LogP contribution is -2.04. The Kier molecular flexibility index (Phi) is 3.17. The fourth-order valence-electron chi connectivity index (χ4n) is 1.46. The average molecular weight is 188 g/mol. The van der Waals surface area contributed by atoms with Crippen LogP contribution in [0.25, 0.3) is 0 Å². The zero-order chi connectivity index (χ0) is 9.64. The Morgan fingerprint density at radius 2 is 1.93 bits per heavy atom. The molecule has 3 rings (SSSR count). The molecule has 1 aliphatic heterocycles. The van der Waals surface area contributed by atoms with E-state index in [1.807, 2.05) is 0 Å². The molecule has 0 unspecified atom stereocenters. The van der Waals surface area contributed by atoms with Gasteiger partial charge >= 0.3 is 0 Å². The molecule has 74 valence electrons. The Morgan fingerprint density at radius 1 is 1.14 bits per heavy atom. The van der Waals surface area contributed by atoms with Crippen LogP contribution in [0.4, 0.5) is 0 Å². The summed E-state index contributed by atoms with van der Waals surface area (Å²) in [7, 11) is 0. The second-order valence-corrected chi connectivity index (χ2v) is 3.67. The number of hydrogen-bond donors (Lipinski definition) is 1. The molecule has 0 bridgehead atoms. The van der Waals surface area contributed by atoms with Gasteiger partial charge in [0.05, 0.1) is 12.9 Å². The fraction of sp³-hybridized carbons (Fsp3) is 0.417. The van der Waals surface area contributed by atoms with Gasteiger partial charge in [-0.2, -0.15) is 0 Å². The van der Waals surface area contributed by atoms with Gasteiger partial charge in [0.25, 0.3) is 0 Å². The second kappa shape index (κ2) is 4.80. The van der Waals surface area contributed by atoms with Gasteiger partial charge in [-0.25, -0.2) is 0 Å². The van der Waals surface area contributed by atoms with Gasteiger partial charge in [0, 0.05) is 6.54 Å². The molecule has 2 nitrogen and oxygen atoms in total. The van der Waals surface area contributed by atoms with Gasteiger partial charge in [-0.3, -0.25) is 4.99 Å². The third kappa shape index (κ3) is 2.87. The lowest BCUT2D eigenvalue weighted by atomic mass is 10.1. The minimum atomic E-state index is 0.909. The first-order chi connectivity index (χ1) is 6.97. The number of aliphatic imine (C=N–C) groups is 1.